The molecule has 1 amide bonds. The van der Waals surface area contributed by atoms with Gasteiger partial charge in [-0.05, 0) is 37.1 Å². The molecule has 0 bridgehead atoms. The van der Waals surface area contributed by atoms with Crippen LogP contribution in [0.5, 0.6) is 5.75 Å². The van der Waals surface area contributed by atoms with Crippen LogP contribution >= 0.6 is 24.0 Å². The van der Waals surface area contributed by atoms with E-state index < -0.39 is 6.43 Å². The van der Waals surface area contributed by atoms with Crippen LogP contribution < -0.4 is 10.1 Å². The van der Waals surface area contributed by atoms with Crippen LogP contribution in [0, 0.1) is 0 Å². The first-order chi connectivity index (χ1) is 14.0. The van der Waals surface area contributed by atoms with E-state index in [0.29, 0.717) is 23.7 Å². The monoisotopic (exact) mass is 461 g/mol. The molecule has 4 rings (SSSR count). The SMILES string of the molecule is Cl.Cn1nnc(COc2ccc(Cl)c3c2[C@@H](CN2CCCC2=O)NCC3)c1C(F)F. The molecule has 1 saturated heterocycles. The fourth-order valence-corrected chi connectivity index (χ4v) is 4.31. The maximum atomic E-state index is 13.3. The van der Waals surface area contributed by atoms with Crippen LogP contribution in [-0.4, -0.2) is 45.4 Å². The van der Waals surface area contributed by atoms with E-state index in [4.69, 9.17) is 16.3 Å². The molecule has 1 aromatic carbocycles. The van der Waals surface area contributed by atoms with Gasteiger partial charge >= 0.3 is 0 Å². The number of nitrogens with one attached hydrogen (secondary N) is 1. The van der Waals surface area contributed by atoms with Gasteiger partial charge in [-0.15, -0.1) is 17.5 Å². The van der Waals surface area contributed by atoms with Gasteiger partial charge in [0.05, 0.1) is 6.04 Å². The Morgan fingerprint density at radius 1 is 1.37 bits per heavy atom. The van der Waals surface area contributed by atoms with Crippen molar-refractivity contribution in [1.82, 2.24) is 25.2 Å². The van der Waals surface area contributed by atoms with Crippen molar-refractivity contribution in [3.05, 3.63) is 39.7 Å². The van der Waals surface area contributed by atoms with E-state index in [1.807, 2.05) is 4.90 Å². The van der Waals surface area contributed by atoms with E-state index in [1.165, 1.54) is 7.05 Å². The van der Waals surface area contributed by atoms with Gasteiger partial charge in [-0.25, -0.2) is 13.5 Å². The van der Waals surface area contributed by atoms with Gasteiger partial charge < -0.3 is 15.0 Å². The number of nitrogens with zero attached hydrogens (tertiary/aromatic N) is 4. The van der Waals surface area contributed by atoms with Gasteiger partial charge in [-0.2, -0.15) is 0 Å². The van der Waals surface area contributed by atoms with Crippen LogP contribution in [0.3, 0.4) is 0 Å². The zero-order valence-corrected chi connectivity index (χ0v) is 18.0. The second-order valence-corrected chi connectivity index (χ2v) is 7.68. The Labute approximate surface area is 184 Å². The van der Waals surface area contributed by atoms with Crippen molar-refractivity contribution >= 4 is 29.9 Å². The molecule has 1 aromatic heterocycles. The summed E-state index contributed by atoms with van der Waals surface area (Å²) in [7, 11) is 1.43. The number of hydrogen-bond donors (Lipinski definition) is 1. The molecule has 30 heavy (non-hydrogen) atoms. The summed E-state index contributed by atoms with van der Waals surface area (Å²) in [6.45, 7) is 1.87. The molecule has 2 aliphatic rings. The Bertz CT molecular complexity index is 925. The molecule has 0 saturated carbocycles. The fourth-order valence-electron chi connectivity index (χ4n) is 4.05. The average molecular weight is 462 g/mol. The molecule has 1 fully saturated rings. The van der Waals surface area contributed by atoms with Gasteiger partial charge in [0, 0.05) is 37.1 Å². The highest BCUT2D eigenvalue weighted by Crippen LogP contribution is 2.37. The molecule has 7 nitrogen and oxygen atoms in total. The van der Waals surface area contributed by atoms with Gasteiger partial charge in [-0.1, -0.05) is 16.8 Å². The minimum absolute atomic E-state index is 0. The number of halogens is 4. The van der Waals surface area contributed by atoms with E-state index in [-0.39, 0.29) is 42.4 Å². The molecule has 0 unspecified atom stereocenters. The van der Waals surface area contributed by atoms with E-state index in [0.717, 1.165) is 41.7 Å². The Morgan fingerprint density at radius 2 is 2.17 bits per heavy atom. The van der Waals surface area contributed by atoms with E-state index in [9.17, 15) is 13.6 Å². The Balaban J connectivity index is 0.00000256. The van der Waals surface area contributed by atoms with Gasteiger partial charge in [0.25, 0.3) is 6.43 Å². The molecule has 2 aliphatic heterocycles. The van der Waals surface area contributed by atoms with Crippen molar-refractivity contribution < 1.29 is 18.3 Å². The van der Waals surface area contributed by atoms with Crippen LogP contribution in [-0.2, 0) is 24.9 Å². The summed E-state index contributed by atoms with van der Waals surface area (Å²) >= 11 is 6.42. The van der Waals surface area contributed by atoms with Crippen LogP contribution in [0.4, 0.5) is 8.78 Å². The number of ether oxygens (including phenoxy) is 1. The number of carbonyl (C=O) groups is 1. The highest BCUT2D eigenvalue weighted by molar-refractivity contribution is 6.31. The first-order valence-electron chi connectivity index (χ1n) is 9.57. The number of rotatable bonds is 6. The maximum Gasteiger partial charge on any atom is 0.282 e. The number of benzene rings is 1. The van der Waals surface area contributed by atoms with Gasteiger partial charge in [0.15, 0.2) is 0 Å². The topological polar surface area (TPSA) is 72.3 Å². The smallest absolute Gasteiger partial charge is 0.282 e. The normalized spacial score (nSPS) is 18.5. The third-order valence-electron chi connectivity index (χ3n) is 5.46. The summed E-state index contributed by atoms with van der Waals surface area (Å²) < 4.78 is 33.5. The first kappa shape index (κ1) is 22.7. The second kappa shape index (κ2) is 9.45. The minimum Gasteiger partial charge on any atom is -0.487 e. The number of aryl methyl sites for hydroxylation is 1. The molecule has 164 valence electrons. The van der Waals surface area contributed by atoms with Gasteiger partial charge in [0.2, 0.25) is 5.91 Å². The lowest BCUT2D eigenvalue weighted by Crippen LogP contribution is -2.39. The molecule has 3 heterocycles. The lowest BCUT2D eigenvalue weighted by atomic mass is 9.92. The van der Waals surface area contributed by atoms with Gasteiger partial charge in [0.1, 0.15) is 23.7 Å². The number of aromatic nitrogens is 3. The predicted octanol–water partition coefficient (Wildman–Crippen LogP) is 3.22. The van der Waals surface area contributed by atoms with Crippen molar-refractivity contribution in [3.63, 3.8) is 0 Å². The van der Waals surface area contributed by atoms with Crippen molar-refractivity contribution in [3.8, 4) is 5.75 Å². The zero-order valence-electron chi connectivity index (χ0n) is 16.4. The third-order valence-corrected chi connectivity index (χ3v) is 5.82. The minimum atomic E-state index is -2.69. The first-order valence-corrected chi connectivity index (χ1v) is 9.95. The standard InChI is InChI=1S/C19H22ClF2N5O2.ClH/c1-26-18(19(21)22)14(24-25-26)10-29-15-5-4-12(20)11-6-7-23-13(17(11)15)9-27-8-2-3-16(27)28;/h4-5,13,19,23H,2-3,6-10H2,1H3;1H/t13-;/m1./s1. The van der Waals surface area contributed by atoms with Crippen molar-refractivity contribution in [2.75, 3.05) is 19.6 Å². The molecule has 2 aromatic rings. The summed E-state index contributed by atoms with van der Waals surface area (Å²) in [5.74, 6) is 0.698. The lowest BCUT2D eigenvalue weighted by Gasteiger charge is -2.32. The summed E-state index contributed by atoms with van der Waals surface area (Å²) in [5.41, 5.74) is 1.69. The molecule has 0 radical (unpaired) electrons. The number of carbonyl (C=O) groups excluding carboxylic acids is 1. The summed E-state index contributed by atoms with van der Waals surface area (Å²) in [4.78, 5) is 13.9. The molecule has 1 atom stereocenters. The van der Waals surface area contributed by atoms with Crippen LogP contribution in [0.2, 0.25) is 5.02 Å². The van der Waals surface area contributed by atoms with Crippen molar-refractivity contribution in [1.29, 1.82) is 0 Å². The summed E-state index contributed by atoms with van der Waals surface area (Å²) in [6.07, 6.45) is -0.533. The van der Waals surface area contributed by atoms with E-state index in [1.54, 1.807) is 12.1 Å². The van der Waals surface area contributed by atoms with Crippen molar-refractivity contribution in [2.24, 2.45) is 7.05 Å². The predicted molar refractivity (Wildman–Crippen MR) is 109 cm³/mol. The average Bonchev–Trinajstić information content (AvgIpc) is 3.27. The van der Waals surface area contributed by atoms with Crippen LogP contribution in [0.1, 0.15) is 47.8 Å². The summed E-state index contributed by atoms with van der Waals surface area (Å²) in [5, 5.41) is 11.6. The Kier molecular flexibility index (Phi) is 7.15. The van der Waals surface area contributed by atoms with Crippen LogP contribution in [0.15, 0.2) is 12.1 Å². The fraction of sp³-hybridized carbons (Fsp3) is 0.526. The van der Waals surface area contributed by atoms with E-state index >= 15 is 0 Å². The molecule has 1 N–H and O–H groups in total. The summed E-state index contributed by atoms with van der Waals surface area (Å²) in [6, 6.07) is 3.36. The number of likely N-dealkylation sites (tertiary alicyclic amines) is 1. The lowest BCUT2D eigenvalue weighted by molar-refractivity contribution is -0.128. The number of amides is 1. The molecule has 0 aliphatic carbocycles. The number of hydrogen-bond acceptors (Lipinski definition) is 5. The molecule has 0 spiro atoms. The number of fused-ring (bicyclic) bond motifs is 1. The highest BCUT2D eigenvalue weighted by atomic mass is 35.5. The van der Waals surface area contributed by atoms with E-state index in [2.05, 4.69) is 15.6 Å². The Hall–Kier alpha value is -1.97. The Morgan fingerprint density at radius 3 is 2.87 bits per heavy atom. The highest BCUT2D eigenvalue weighted by Gasteiger charge is 2.31. The number of alkyl halides is 2. The zero-order chi connectivity index (χ0) is 20.5. The maximum absolute atomic E-state index is 13.3. The van der Waals surface area contributed by atoms with Crippen LogP contribution in [0.25, 0.3) is 0 Å². The second-order valence-electron chi connectivity index (χ2n) is 7.27. The van der Waals surface area contributed by atoms with Crippen molar-refractivity contribution in [2.45, 2.75) is 38.3 Å². The van der Waals surface area contributed by atoms with Gasteiger partial charge in [-0.3, -0.25) is 4.79 Å². The molecular formula is C19H23Cl2F2N5O2. The quantitative estimate of drug-likeness (QED) is 0.714. The third kappa shape index (κ3) is 4.38. The molecule has 11 heteroatoms. The molecular weight excluding hydrogens is 439 g/mol. The largest absolute Gasteiger partial charge is 0.487 e.